The van der Waals surface area contributed by atoms with Crippen LogP contribution in [0.15, 0.2) is 12.1 Å². The molecule has 1 atom stereocenters. The molecule has 0 saturated carbocycles. The molecule has 3 nitrogen and oxygen atoms in total. The van der Waals surface area contributed by atoms with E-state index in [0.29, 0.717) is 15.2 Å². The first-order valence-corrected chi connectivity index (χ1v) is 7.24. The van der Waals surface area contributed by atoms with Gasteiger partial charge >= 0.3 is 0 Å². The molecular formula is C13H18FIN2O. The summed E-state index contributed by atoms with van der Waals surface area (Å²) in [6, 6.07) is 3.19. The summed E-state index contributed by atoms with van der Waals surface area (Å²) in [6.45, 7) is 3.47. The Labute approximate surface area is 120 Å². The molecule has 0 aliphatic carbocycles. The highest BCUT2D eigenvalue weighted by Gasteiger charge is 2.24. The lowest BCUT2D eigenvalue weighted by molar-refractivity contribution is 0.110. The summed E-state index contributed by atoms with van der Waals surface area (Å²) in [7, 11) is 0. The van der Waals surface area contributed by atoms with Crippen LogP contribution in [0.1, 0.15) is 19.8 Å². The Morgan fingerprint density at radius 1 is 1.44 bits per heavy atom. The second-order valence-electron chi connectivity index (χ2n) is 4.89. The molecule has 1 aliphatic rings. The van der Waals surface area contributed by atoms with Gasteiger partial charge in [0.2, 0.25) is 0 Å². The zero-order valence-corrected chi connectivity index (χ0v) is 12.5. The number of aliphatic hydroxyl groups excluding tert-OH is 1. The number of aliphatic hydroxyl groups is 1. The molecule has 1 aromatic rings. The number of nitrogens with zero attached hydrogens (tertiary/aromatic N) is 1. The van der Waals surface area contributed by atoms with Crippen LogP contribution < -0.4 is 10.6 Å². The summed E-state index contributed by atoms with van der Waals surface area (Å²) in [5, 5.41) is 9.56. The van der Waals surface area contributed by atoms with Gasteiger partial charge in [0, 0.05) is 19.2 Å². The molecule has 0 aromatic heterocycles. The van der Waals surface area contributed by atoms with Crippen molar-refractivity contribution in [2.75, 3.05) is 23.7 Å². The van der Waals surface area contributed by atoms with Crippen LogP contribution >= 0.6 is 22.6 Å². The normalized spacial score (nSPS) is 19.0. The Balaban J connectivity index is 2.12. The molecule has 18 heavy (non-hydrogen) atoms. The van der Waals surface area contributed by atoms with E-state index in [4.69, 9.17) is 5.73 Å². The van der Waals surface area contributed by atoms with Crippen LogP contribution in [-0.4, -0.2) is 24.3 Å². The molecule has 1 aliphatic heterocycles. The number of nitrogen functional groups attached to an aromatic ring is 1. The van der Waals surface area contributed by atoms with Crippen molar-refractivity contribution in [3.8, 4) is 0 Å². The summed E-state index contributed by atoms with van der Waals surface area (Å²) in [6.07, 6.45) is 1.58. The summed E-state index contributed by atoms with van der Waals surface area (Å²) in [5.41, 5.74) is 7.35. The lowest BCUT2D eigenvalue weighted by Gasteiger charge is -2.35. The third-order valence-corrected chi connectivity index (χ3v) is 4.46. The Hall–Kier alpha value is -0.560. The highest BCUT2D eigenvalue weighted by molar-refractivity contribution is 14.1. The first kappa shape index (κ1) is 13.9. The van der Waals surface area contributed by atoms with Crippen molar-refractivity contribution in [2.24, 2.45) is 5.92 Å². The van der Waals surface area contributed by atoms with E-state index in [1.807, 2.05) is 29.5 Å². The molecule has 1 saturated heterocycles. The number of nitrogens with two attached hydrogens (primary N) is 1. The van der Waals surface area contributed by atoms with Gasteiger partial charge in [-0.25, -0.2) is 4.39 Å². The van der Waals surface area contributed by atoms with Crippen LogP contribution in [0.25, 0.3) is 0 Å². The number of halogens is 2. The highest BCUT2D eigenvalue weighted by atomic mass is 127. The fourth-order valence-electron chi connectivity index (χ4n) is 2.45. The van der Waals surface area contributed by atoms with Gasteiger partial charge in [-0.3, -0.25) is 0 Å². The predicted molar refractivity (Wildman–Crippen MR) is 80.1 cm³/mol. The molecule has 1 aromatic carbocycles. The number of hydrogen-bond donors (Lipinski definition) is 2. The molecule has 3 N–H and O–H groups in total. The summed E-state index contributed by atoms with van der Waals surface area (Å²) in [4.78, 5) is 2.10. The molecule has 0 amide bonds. The smallest absolute Gasteiger partial charge is 0.138 e. The number of anilines is 2. The second-order valence-corrected chi connectivity index (χ2v) is 6.05. The van der Waals surface area contributed by atoms with E-state index in [1.165, 1.54) is 6.07 Å². The maximum absolute atomic E-state index is 13.6. The Morgan fingerprint density at radius 3 is 2.61 bits per heavy atom. The van der Waals surface area contributed by atoms with Crippen molar-refractivity contribution in [1.82, 2.24) is 0 Å². The van der Waals surface area contributed by atoms with Crippen LogP contribution in [-0.2, 0) is 0 Å². The Bertz CT molecular complexity index is 431. The van der Waals surface area contributed by atoms with E-state index in [1.54, 1.807) is 6.07 Å². The van der Waals surface area contributed by atoms with Crippen LogP contribution in [0.5, 0.6) is 0 Å². The standard InChI is InChI=1S/C13H18FIN2O/c1-8(18)9-2-4-17(5-3-9)13-6-10(14)11(15)7-12(13)16/h6-9,18H,2-5,16H2,1H3. The molecule has 0 spiro atoms. The zero-order chi connectivity index (χ0) is 13.3. The van der Waals surface area contributed by atoms with E-state index < -0.39 is 0 Å². The number of piperidine rings is 1. The molecule has 1 unspecified atom stereocenters. The van der Waals surface area contributed by atoms with Crippen molar-refractivity contribution in [3.05, 3.63) is 21.5 Å². The average Bonchev–Trinajstić information content (AvgIpc) is 2.34. The average molecular weight is 364 g/mol. The minimum absolute atomic E-state index is 0.225. The fraction of sp³-hybridized carbons (Fsp3) is 0.538. The van der Waals surface area contributed by atoms with Gasteiger partial charge in [-0.1, -0.05) is 0 Å². The largest absolute Gasteiger partial charge is 0.397 e. The molecule has 1 heterocycles. The van der Waals surface area contributed by atoms with Gasteiger partial charge in [0.15, 0.2) is 0 Å². The van der Waals surface area contributed by atoms with Gasteiger partial charge in [-0.2, -0.15) is 0 Å². The Morgan fingerprint density at radius 2 is 2.06 bits per heavy atom. The van der Waals surface area contributed by atoms with Gasteiger partial charge in [-0.15, -0.1) is 0 Å². The van der Waals surface area contributed by atoms with E-state index in [-0.39, 0.29) is 11.9 Å². The number of rotatable bonds is 2. The van der Waals surface area contributed by atoms with Crippen molar-refractivity contribution in [2.45, 2.75) is 25.9 Å². The minimum Gasteiger partial charge on any atom is -0.397 e. The van der Waals surface area contributed by atoms with Gasteiger partial charge in [0.05, 0.1) is 21.0 Å². The monoisotopic (exact) mass is 364 g/mol. The molecule has 2 rings (SSSR count). The van der Waals surface area contributed by atoms with E-state index in [2.05, 4.69) is 4.90 Å². The molecule has 100 valence electrons. The molecule has 5 heteroatoms. The van der Waals surface area contributed by atoms with E-state index in [9.17, 15) is 9.50 Å². The predicted octanol–water partition coefficient (Wildman–Crippen LogP) is 2.61. The van der Waals surface area contributed by atoms with Crippen LogP contribution in [0, 0.1) is 15.3 Å². The molecule has 0 bridgehead atoms. The first-order valence-electron chi connectivity index (χ1n) is 6.16. The third kappa shape index (κ3) is 2.88. The molecular weight excluding hydrogens is 346 g/mol. The fourth-order valence-corrected chi connectivity index (χ4v) is 2.94. The van der Waals surface area contributed by atoms with Gasteiger partial charge in [-0.05, 0) is 54.3 Å². The quantitative estimate of drug-likeness (QED) is 0.627. The zero-order valence-electron chi connectivity index (χ0n) is 10.4. The van der Waals surface area contributed by atoms with Crippen molar-refractivity contribution in [3.63, 3.8) is 0 Å². The third-order valence-electron chi connectivity index (χ3n) is 3.63. The van der Waals surface area contributed by atoms with Gasteiger partial charge in [0.25, 0.3) is 0 Å². The van der Waals surface area contributed by atoms with Gasteiger partial charge < -0.3 is 15.7 Å². The maximum Gasteiger partial charge on any atom is 0.138 e. The minimum atomic E-state index is -0.266. The Kier molecular flexibility index (Phi) is 4.32. The lowest BCUT2D eigenvalue weighted by Crippen LogP contribution is -2.37. The number of benzene rings is 1. The summed E-state index contributed by atoms with van der Waals surface area (Å²) < 4.78 is 14.1. The molecule has 1 fully saturated rings. The van der Waals surface area contributed by atoms with Crippen molar-refractivity contribution < 1.29 is 9.50 Å². The van der Waals surface area contributed by atoms with E-state index >= 15 is 0 Å². The van der Waals surface area contributed by atoms with Gasteiger partial charge in [0.1, 0.15) is 5.82 Å². The highest BCUT2D eigenvalue weighted by Crippen LogP contribution is 2.31. The second kappa shape index (κ2) is 5.61. The SMILES string of the molecule is CC(O)C1CCN(c2cc(F)c(I)cc2N)CC1. The van der Waals surface area contributed by atoms with Crippen molar-refractivity contribution in [1.29, 1.82) is 0 Å². The van der Waals surface area contributed by atoms with Crippen LogP contribution in [0.3, 0.4) is 0 Å². The van der Waals surface area contributed by atoms with Crippen LogP contribution in [0.2, 0.25) is 0 Å². The maximum atomic E-state index is 13.6. The van der Waals surface area contributed by atoms with E-state index in [0.717, 1.165) is 31.6 Å². The summed E-state index contributed by atoms with van der Waals surface area (Å²) in [5.74, 6) is 0.119. The topological polar surface area (TPSA) is 49.5 Å². The lowest BCUT2D eigenvalue weighted by atomic mass is 9.92. The van der Waals surface area contributed by atoms with Crippen molar-refractivity contribution >= 4 is 34.0 Å². The molecule has 0 radical (unpaired) electrons. The first-order chi connectivity index (χ1) is 8.49. The summed E-state index contributed by atoms with van der Waals surface area (Å²) >= 11 is 1.94. The number of hydrogen-bond acceptors (Lipinski definition) is 3. The van der Waals surface area contributed by atoms with Crippen LogP contribution in [0.4, 0.5) is 15.8 Å².